The molecule has 0 bridgehead atoms. The van der Waals surface area contributed by atoms with Crippen molar-refractivity contribution >= 4 is 35.0 Å². The van der Waals surface area contributed by atoms with E-state index in [2.05, 4.69) is 5.32 Å². The molecule has 0 aliphatic heterocycles. The Morgan fingerprint density at radius 1 is 0.917 bits per heavy atom. The molecule has 0 spiro atoms. The van der Waals surface area contributed by atoms with Crippen LogP contribution in [0.15, 0.2) is 42.5 Å². The van der Waals surface area contributed by atoms with Crippen molar-refractivity contribution in [3.63, 3.8) is 0 Å². The summed E-state index contributed by atoms with van der Waals surface area (Å²) < 4.78 is 26.9. The lowest BCUT2D eigenvalue weighted by atomic mass is 10.2. The molecule has 3 amide bonds. The molecule has 5 nitrogen and oxygen atoms in total. The van der Waals surface area contributed by atoms with Gasteiger partial charge in [-0.05, 0) is 36.4 Å². The first-order valence-corrected chi connectivity index (χ1v) is 7.08. The first kappa shape index (κ1) is 17.6. The number of anilines is 1. The van der Waals surface area contributed by atoms with Crippen LogP contribution in [0.1, 0.15) is 16.8 Å². The third-order valence-electron chi connectivity index (χ3n) is 2.89. The van der Waals surface area contributed by atoms with Gasteiger partial charge in [0.1, 0.15) is 23.6 Å². The molecule has 0 unspecified atom stereocenters. The monoisotopic (exact) mass is 352 g/mol. The topological polar surface area (TPSA) is 75.3 Å². The van der Waals surface area contributed by atoms with Crippen molar-refractivity contribution in [1.82, 2.24) is 5.32 Å². The molecule has 2 aromatic carbocycles. The zero-order valence-electron chi connectivity index (χ0n) is 12.1. The Hall–Kier alpha value is -2.80. The number of imide groups is 1. The normalized spacial score (nSPS) is 10.1. The standard InChI is InChI=1S/C16H11ClF2N2O3/c17-9-4-6-10(7-5-9)20-13(22)8-14(23)21-16(24)15-11(18)2-1-3-12(15)19/h1-7H,8H2,(H,20,22)(H,21,23,24). The minimum Gasteiger partial charge on any atom is -0.326 e. The Balaban J connectivity index is 1.94. The van der Waals surface area contributed by atoms with Crippen LogP contribution in [-0.2, 0) is 9.59 Å². The molecule has 0 atom stereocenters. The predicted octanol–water partition coefficient (Wildman–Crippen LogP) is 2.90. The maximum Gasteiger partial charge on any atom is 0.263 e. The lowest BCUT2D eigenvalue weighted by molar-refractivity contribution is -0.126. The summed E-state index contributed by atoms with van der Waals surface area (Å²) in [5, 5.41) is 4.66. The van der Waals surface area contributed by atoms with Gasteiger partial charge in [-0.2, -0.15) is 0 Å². The maximum absolute atomic E-state index is 13.4. The van der Waals surface area contributed by atoms with E-state index in [1.807, 2.05) is 0 Å². The predicted molar refractivity (Wildman–Crippen MR) is 83.5 cm³/mol. The fourth-order valence-electron chi connectivity index (χ4n) is 1.83. The van der Waals surface area contributed by atoms with Crippen LogP contribution in [0.5, 0.6) is 0 Å². The average molecular weight is 353 g/mol. The zero-order chi connectivity index (χ0) is 17.7. The molecular formula is C16H11ClF2N2O3. The summed E-state index contributed by atoms with van der Waals surface area (Å²) >= 11 is 5.70. The number of carbonyl (C=O) groups excluding carboxylic acids is 3. The van der Waals surface area contributed by atoms with Gasteiger partial charge in [-0.25, -0.2) is 8.78 Å². The molecular weight excluding hydrogens is 342 g/mol. The van der Waals surface area contributed by atoms with Crippen LogP contribution in [0.4, 0.5) is 14.5 Å². The molecule has 0 saturated heterocycles. The van der Waals surface area contributed by atoms with Crippen LogP contribution < -0.4 is 10.6 Å². The number of hydrogen-bond acceptors (Lipinski definition) is 3. The highest BCUT2D eigenvalue weighted by Crippen LogP contribution is 2.14. The minimum atomic E-state index is -1.25. The fraction of sp³-hybridized carbons (Fsp3) is 0.0625. The molecule has 0 aromatic heterocycles. The van der Waals surface area contributed by atoms with Gasteiger partial charge >= 0.3 is 0 Å². The van der Waals surface area contributed by atoms with Crippen LogP contribution in [0, 0.1) is 11.6 Å². The lowest BCUT2D eigenvalue weighted by Crippen LogP contribution is -2.34. The quantitative estimate of drug-likeness (QED) is 0.831. The summed E-state index contributed by atoms with van der Waals surface area (Å²) in [4.78, 5) is 35.1. The van der Waals surface area contributed by atoms with E-state index in [0.29, 0.717) is 10.7 Å². The van der Waals surface area contributed by atoms with E-state index in [0.717, 1.165) is 18.2 Å². The number of benzene rings is 2. The van der Waals surface area contributed by atoms with Gasteiger partial charge in [-0.3, -0.25) is 19.7 Å². The minimum absolute atomic E-state index is 0.406. The largest absolute Gasteiger partial charge is 0.326 e. The Labute approximate surface area is 140 Å². The second-order valence-corrected chi connectivity index (χ2v) is 5.14. The van der Waals surface area contributed by atoms with E-state index in [1.54, 1.807) is 17.4 Å². The Morgan fingerprint density at radius 2 is 1.50 bits per heavy atom. The number of amides is 3. The molecule has 8 heteroatoms. The van der Waals surface area contributed by atoms with Gasteiger partial charge in [0.2, 0.25) is 11.8 Å². The Morgan fingerprint density at radius 3 is 2.08 bits per heavy atom. The number of rotatable bonds is 4. The van der Waals surface area contributed by atoms with Crippen molar-refractivity contribution in [1.29, 1.82) is 0 Å². The second kappa shape index (κ2) is 7.65. The molecule has 24 heavy (non-hydrogen) atoms. The summed E-state index contributed by atoms with van der Waals surface area (Å²) in [5.41, 5.74) is -0.479. The molecule has 0 saturated carbocycles. The molecule has 0 radical (unpaired) electrons. The van der Waals surface area contributed by atoms with Crippen molar-refractivity contribution in [2.24, 2.45) is 0 Å². The van der Waals surface area contributed by atoms with Gasteiger partial charge in [-0.15, -0.1) is 0 Å². The first-order valence-electron chi connectivity index (χ1n) is 6.70. The smallest absolute Gasteiger partial charge is 0.263 e. The van der Waals surface area contributed by atoms with E-state index in [1.165, 1.54) is 12.1 Å². The van der Waals surface area contributed by atoms with E-state index in [-0.39, 0.29) is 0 Å². The Kier molecular flexibility index (Phi) is 5.59. The fourth-order valence-corrected chi connectivity index (χ4v) is 1.96. The molecule has 0 aliphatic carbocycles. The Bertz CT molecular complexity index is 774. The summed E-state index contributed by atoms with van der Waals surface area (Å²) in [5.74, 6) is -5.16. The van der Waals surface area contributed by atoms with Crippen molar-refractivity contribution in [3.8, 4) is 0 Å². The van der Waals surface area contributed by atoms with E-state index < -0.39 is 41.3 Å². The summed E-state index contributed by atoms with van der Waals surface area (Å²) in [6.45, 7) is 0. The van der Waals surface area contributed by atoms with Crippen LogP contribution in [0.25, 0.3) is 0 Å². The van der Waals surface area contributed by atoms with E-state index >= 15 is 0 Å². The van der Waals surface area contributed by atoms with E-state index in [9.17, 15) is 23.2 Å². The molecule has 124 valence electrons. The van der Waals surface area contributed by atoms with Crippen LogP contribution in [0.3, 0.4) is 0 Å². The summed E-state index contributed by atoms with van der Waals surface area (Å²) in [7, 11) is 0. The molecule has 2 N–H and O–H groups in total. The number of carbonyl (C=O) groups is 3. The lowest BCUT2D eigenvalue weighted by Gasteiger charge is -2.07. The third-order valence-corrected chi connectivity index (χ3v) is 3.14. The number of hydrogen-bond donors (Lipinski definition) is 2. The average Bonchev–Trinajstić information content (AvgIpc) is 2.49. The number of halogens is 3. The van der Waals surface area contributed by atoms with Gasteiger partial charge in [0.15, 0.2) is 0 Å². The van der Waals surface area contributed by atoms with Crippen molar-refractivity contribution in [2.75, 3.05) is 5.32 Å². The second-order valence-electron chi connectivity index (χ2n) is 4.71. The molecule has 2 rings (SSSR count). The molecule has 0 heterocycles. The highest BCUT2D eigenvalue weighted by molar-refractivity contribution is 6.30. The summed E-state index contributed by atoms with van der Waals surface area (Å²) in [6.07, 6.45) is -0.690. The molecule has 0 aliphatic rings. The highest BCUT2D eigenvalue weighted by atomic mass is 35.5. The summed E-state index contributed by atoms with van der Waals surface area (Å²) in [6, 6.07) is 8.99. The molecule has 2 aromatic rings. The zero-order valence-corrected chi connectivity index (χ0v) is 12.9. The van der Waals surface area contributed by atoms with Crippen molar-refractivity contribution in [2.45, 2.75) is 6.42 Å². The van der Waals surface area contributed by atoms with Gasteiger partial charge in [-0.1, -0.05) is 17.7 Å². The molecule has 0 fully saturated rings. The number of nitrogens with one attached hydrogen (secondary N) is 2. The van der Waals surface area contributed by atoms with Crippen LogP contribution in [-0.4, -0.2) is 17.7 Å². The van der Waals surface area contributed by atoms with Crippen molar-refractivity contribution in [3.05, 3.63) is 64.7 Å². The van der Waals surface area contributed by atoms with Gasteiger partial charge in [0.05, 0.1) is 0 Å². The van der Waals surface area contributed by atoms with Gasteiger partial charge in [0, 0.05) is 10.7 Å². The van der Waals surface area contributed by atoms with Crippen LogP contribution >= 0.6 is 11.6 Å². The van der Waals surface area contributed by atoms with Gasteiger partial charge < -0.3 is 5.32 Å². The highest BCUT2D eigenvalue weighted by Gasteiger charge is 2.20. The first-order chi connectivity index (χ1) is 11.4. The third kappa shape index (κ3) is 4.60. The maximum atomic E-state index is 13.4. The van der Waals surface area contributed by atoms with Crippen molar-refractivity contribution < 1.29 is 23.2 Å². The van der Waals surface area contributed by atoms with Gasteiger partial charge in [0.25, 0.3) is 5.91 Å². The van der Waals surface area contributed by atoms with Crippen LogP contribution in [0.2, 0.25) is 5.02 Å². The van der Waals surface area contributed by atoms with E-state index in [4.69, 9.17) is 11.6 Å². The SMILES string of the molecule is O=C(CC(=O)Nc1ccc(Cl)cc1)NC(=O)c1c(F)cccc1F.